The van der Waals surface area contributed by atoms with Crippen molar-refractivity contribution in [2.75, 3.05) is 0 Å². The van der Waals surface area contributed by atoms with Gasteiger partial charge in [0.25, 0.3) is 0 Å². The van der Waals surface area contributed by atoms with Gasteiger partial charge in [-0.3, -0.25) is 0 Å². The Morgan fingerprint density at radius 3 is 2.16 bits per heavy atom. The van der Waals surface area contributed by atoms with Crippen LogP contribution in [0.5, 0.6) is 0 Å². The molecule has 2 atom stereocenters. The van der Waals surface area contributed by atoms with E-state index in [1.165, 1.54) is 16.7 Å². The summed E-state index contributed by atoms with van der Waals surface area (Å²) in [5.74, 6) is 0.530. The first-order valence-corrected chi connectivity index (χ1v) is 9.35. The predicted molar refractivity (Wildman–Crippen MR) is 103 cm³/mol. The highest BCUT2D eigenvalue weighted by molar-refractivity contribution is 6.48. The van der Waals surface area contributed by atoms with E-state index in [9.17, 15) is 0 Å². The number of hydrogen-bond donors (Lipinski definition) is 0. The van der Waals surface area contributed by atoms with Crippen LogP contribution in [0.4, 0.5) is 0 Å². The van der Waals surface area contributed by atoms with Crippen LogP contribution >= 0.6 is 11.6 Å². The number of fused-ring (bicyclic) bond motifs is 1. The van der Waals surface area contributed by atoms with Gasteiger partial charge in [0.2, 0.25) is 0 Å². The van der Waals surface area contributed by atoms with E-state index in [0.29, 0.717) is 0 Å². The van der Waals surface area contributed by atoms with Gasteiger partial charge in [0.05, 0.1) is 11.2 Å². The van der Waals surface area contributed by atoms with Crippen molar-refractivity contribution in [3.05, 3.63) is 70.2 Å². The molecule has 0 saturated carbocycles. The van der Waals surface area contributed by atoms with Crippen molar-refractivity contribution in [3.63, 3.8) is 0 Å². The van der Waals surface area contributed by atoms with Crippen LogP contribution in [0.25, 0.3) is 0 Å². The molecule has 4 rings (SSSR count). The molecular weight excluding hydrogens is 330 g/mol. The molecule has 0 unspecified atom stereocenters. The molecule has 1 fully saturated rings. The molecule has 0 aromatic heterocycles. The first-order chi connectivity index (χ1) is 11.8. The molecule has 2 aromatic carbocycles. The van der Waals surface area contributed by atoms with Crippen molar-refractivity contribution < 1.29 is 9.31 Å². The monoisotopic (exact) mass is 354 g/mol. The second-order valence-electron chi connectivity index (χ2n) is 8.22. The molecule has 4 heteroatoms. The summed E-state index contributed by atoms with van der Waals surface area (Å²) < 4.78 is 12.8. The van der Waals surface area contributed by atoms with Gasteiger partial charge in [-0.25, -0.2) is 0 Å². The molecule has 0 N–H and O–H groups in total. The van der Waals surface area contributed by atoms with Crippen LogP contribution in [-0.2, 0) is 15.7 Å². The van der Waals surface area contributed by atoms with Crippen LogP contribution in [0.1, 0.15) is 50.3 Å². The van der Waals surface area contributed by atoms with Crippen LogP contribution in [0.3, 0.4) is 0 Å². The highest BCUT2D eigenvalue weighted by Gasteiger charge is 2.56. The third kappa shape index (κ3) is 2.83. The maximum absolute atomic E-state index is 6.41. The van der Waals surface area contributed by atoms with Crippen molar-refractivity contribution in [1.82, 2.24) is 0 Å². The first-order valence-electron chi connectivity index (χ1n) is 8.97. The second kappa shape index (κ2) is 5.87. The van der Waals surface area contributed by atoms with E-state index >= 15 is 0 Å². The molecule has 0 bridgehead atoms. The molecule has 1 heterocycles. The topological polar surface area (TPSA) is 18.5 Å². The van der Waals surface area contributed by atoms with Crippen molar-refractivity contribution in [3.8, 4) is 0 Å². The lowest BCUT2D eigenvalue weighted by atomic mass is 9.63. The lowest BCUT2D eigenvalue weighted by molar-refractivity contribution is 0.00578. The van der Waals surface area contributed by atoms with Crippen LogP contribution in [0.2, 0.25) is 10.8 Å². The van der Waals surface area contributed by atoms with E-state index in [1.54, 1.807) is 0 Å². The van der Waals surface area contributed by atoms with E-state index < -0.39 is 0 Å². The summed E-state index contributed by atoms with van der Waals surface area (Å²) >= 11 is 6.11. The summed E-state index contributed by atoms with van der Waals surface area (Å²) in [5.41, 5.74) is 3.43. The zero-order chi connectivity index (χ0) is 17.8. The molecular formula is C21H24BClO2. The number of hydrogen-bond acceptors (Lipinski definition) is 2. The van der Waals surface area contributed by atoms with Crippen molar-refractivity contribution >= 4 is 18.7 Å². The van der Waals surface area contributed by atoms with Gasteiger partial charge < -0.3 is 9.31 Å². The van der Waals surface area contributed by atoms with Crippen molar-refractivity contribution in [2.45, 2.75) is 57.1 Å². The fraction of sp³-hybridized carbons (Fsp3) is 0.429. The Balaban J connectivity index is 1.74. The van der Waals surface area contributed by atoms with Gasteiger partial charge in [0.1, 0.15) is 0 Å². The van der Waals surface area contributed by atoms with E-state index in [4.69, 9.17) is 20.9 Å². The molecule has 0 radical (unpaired) electrons. The summed E-state index contributed by atoms with van der Waals surface area (Å²) in [7, 11) is -0.210. The number of rotatable bonds is 2. The molecule has 2 aromatic rings. The summed E-state index contributed by atoms with van der Waals surface area (Å²) in [6.07, 6.45) is 0.973. The largest absolute Gasteiger partial charge is 0.462 e. The molecule has 130 valence electrons. The predicted octanol–water partition coefficient (Wildman–Crippen LogP) is 5.49. The van der Waals surface area contributed by atoms with E-state index in [2.05, 4.69) is 64.1 Å². The van der Waals surface area contributed by atoms with Crippen LogP contribution in [0.15, 0.2) is 48.5 Å². The Morgan fingerprint density at radius 2 is 1.52 bits per heavy atom. The normalized spacial score (nSPS) is 26.7. The molecule has 25 heavy (non-hydrogen) atoms. The average molecular weight is 355 g/mol. The highest BCUT2D eigenvalue weighted by atomic mass is 35.5. The molecule has 1 saturated heterocycles. The fourth-order valence-corrected chi connectivity index (χ4v) is 4.17. The molecule has 2 aliphatic rings. The van der Waals surface area contributed by atoms with Gasteiger partial charge in [-0.05, 0) is 62.9 Å². The second-order valence-corrected chi connectivity index (χ2v) is 8.66. The minimum atomic E-state index is -0.309. The molecule has 2 nitrogen and oxygen atoms in total. The fourth-order valence-electron chi connectivity index (χ4n) is 4.04. The zero-order valence-electron chi connectivity index (χ0n) is 15.3. The molecule has 1 aliphatic heterocycles. The van der Waals surface area contributed by atoms with E-state index in [-0.39, 0.29) is 30.1 Å². The van der Waals surface area contributed by atoms with Crippen LogP contribution in [0, 0.1) is 0 Å². The molecule has 0 amide bonds. The van der Waals surface area contributed by atoms with Crippen LogP contribution < -0.4 is 0 Å². The van der Waals surface area contributed by atoms with Crippen molar-refractivity contribution in [2.24, 2.45) is 0 Å². The van der Waals surface area contributed by atoms with Gasteiger partial charge in [0, 0.05) is 16.8 Å². The summed E-state index contributed by atoms with van der Waals surface area (Å²) in [6.45, 7) is 8.47. The third-order valence-electron chi connectivity index (χ3n) is 6.12. The van der Waals surface area contributed by atoms with Gasteiger partial charge in [-0.2, -0.15) is 0 Å². The van der Waals surface area contributed by atoms with Gasteiger partial charge in [0.15, 0.2) is 0 Å². The first kappa shape index (κ1) is 17.1. The quantitative estimate of drug-likeness (QED) is 0.664. The smallest absolute Gasteiger partial charge is 0.403 e. The summed E-state index contributed by atoms with van der Waals surface area (Å²) in [5, 5.41) is 0.766. The lowest BCUT2D eigenvalue weighted by Crippen LogP contribution is -2.41. The summed E-state index contributed by atoms with van der Waals surface area (Å²) in [6, 6.07) is 16.9. The Labute approximate surface area is 155 Å². The zero-order valence-corrected chi connectivity index (χ0v) is 16.0. The van der Waals surface area contributed by atoms with E-state index in [0.717, 1.165) is 11.4 Å². The minimum Gasteiger partial charge on any atom is -0.403 e. The van der Waals surface area contributed by atoms with Gasteiger partial charge in [-0.15, -0.1) is 0 Å². The average Bonchev–Trinajstić information content (AvgIpc) is 3.03. The maximum Gasteiger partial charge on any atom is 0.462 e. The number of benzene rings is 2. The van der Waals surface area contributed by atoms with Crippen LogP contribution in [-0.4, -0.2) is 18.3 Å². The Bertz CT molecular complexity index is 769. The van der Waals surface area contributed by atoms with E-state index in [1.807, 2.05) is 12.1 Å². The Morgan fingerprint density at radius 1 is 0.920 bits per heavy atom. The number of halogens is 1. The third-order valence-corrected chi connectivity index (χ3v) is 6.38. The van der Waals surface area contributed by atoms with Gasteiger partial charge in [-0.1, -0.05) is 48.0 Å². The molecule has 1 aliphatic carbocycles. The minimum absolute atomic E-state index is 0.210. The van der Waals surface area contributed by atoms with Gasteiger partial charge >= 0.3 is 7.12 Å². The Hall–Kier alpha value is -1.29. The lowest BCUT2D eigenvalue weighted by Gasteiger charge is -2.32. The SMILES string of the molecule is CC1(C)OB([C@@H]2Cc3ccccc3[C@@H]2c2ccc(Cl)cc2)OC1(C)C. The highest BCUT2D eigenvalue weighted by Crippen LogP contribution is 2.51. The summed E-state index contributed by atoms with van der Waals surface area (Å²) in [4.78, 5) is 0. The molecule has 0 spiro atoms. The maximum atomic E-state index is 6.41. The standard InChI is InChI=1S/C21H24BClO2/c1-20(2)21(3,4)25-22(24-20)18-13-15-7-5-6-8-17(15)19(18)14-9-11-16(23)12-10-14/h5-12,18-19H,13H2,1-4H3/t18-,19+/m1/s1. The van der Waals surface area contributed by atoms with Crippen molar-refractivity contribution in [1.29, 1.82) is 0 Å². The Kier molecular flexibility index (Phi) is 4.03.